The van der Waals surface area contributed by atoms with Crippen molar-refractivity contribution in [2.45, 2.75) is 20.4 Å². The largest absolute Gasteiger partial charge is 0.316 e. The average molecular weight is 210 g/mol. The SMILES string of the molecule is CCNCCNCc1cc(F)ccc1C. The van der Waals surface area contributed by atoms with Crippen molar-refractivity contribution in [1.82, 2.24) is 10.6 Å². The van der Waals surface area contributed by atoms with Crippen molar-refractivity contribution in [2.24, 2.45) is 0 Å². The van der Waals surface area contributed by atoms with Gasteiger partial charge in [0.1, 0.15) is 5.82 Å². The lowest BCUT2D eigenvalue weighted by molar-refractivity contribution is 0.608. The van der Waals surface area contributed by atoms with Gasteiger partial charge in [-0.05, 0) is 36.7 Å². The standard InChI is InChI=1S/C12H19FN2/c1-3-14-6-7-15-9-11-8-12(13)5-4-10(11)2/h4-5,8,14-15H,3,6-7,9H2,1-2H3. The molecular weight excluding hydrogens is 191 g/mol. The Balaban J connectivity index is 2.33. The lowest BCUT2D eigenvalue weighted by atomic mass is 10.1. The van der Waals surface area contributed by atoms with E-state index in [9.17, 15) is 4.39 Å². The van der Waals surface area contributed by atoms with Crippen LogP contribution in [0.3, 0.4) is 0 Å². The Morgan fingerprint density at radius 2 is 1.93 bits per heavy atom. The monoisotopic (exact) mass is 210 g/mol. The van der Waals surface area contributed by atoms with Crippen LogP contribution < -0.4 is 10.6 Å². The molecule has 84 valence electrons. The second-order valence-corrected chi connectivity index (χ2v) is 3.60. The van der Waals surface area contributed by atoms with Gasteiger partial charge in [-0.3, -0.25) is 0 Å². The molecule has 0 saturated carbocycles. The van der Waals surface area contributed by atoms with Crippen LogP contribution in [-0.4, -0.2) is 19.6 Å². The molecule has 0 aromatic heterocycles. The maximum atomic E-state index is 12.9. The number of benzene rings is 1. The highest BCUT2D eigenvalue weighted by molar-refractivity contribution is 5.26. The fourth-order valence-corrected chi connectivity index (χ4v) is 1.41. The maximum Gasteiger partial charge on any atom is 0.123 e. The summed E-state index contributed by atoms with van der Waals surface area (Å²) in [5, 5.41) is 6.50. The van der Waals surface area contributed by atoms with E-state index < -0.39 is 0 Å². The van der Waals surface area contributed by atoms with Gasteiger partial charge in [0.2, 0.25) is 0 Å². The summed E-state index contributed by atoms with van der Waals surface area (Å²) in [5.41, 5.74) is 2.17. The molecular formula is C12H19FN2. The smallest absolute Gasteiger partial charge is 0.123 e. The van der Waals surface area contributed by atoms with E-state index in [2.05, 4.69) is 17.6 Å². The van der Waals surface area contributed by atoms with E-state index >= 15 is 0 Å². The van der Waals surface area contributed by atoms with Gasteiger partial charge in [-0.15, -0.1) is 0 Å². The normalized spacial score (nSPS) is 10.6. The molecule has 1 aromatic rings. The zero-order valence-corrected chi connectivity index (χ0v) is 9.44. The highest BCUT2D eigenvalue weighted by Gasteiger charge is 1.99. The van der Waals surface area contributed by atoms with E-state index in [0.29, 0.717) is 0 Å². The molecule has 0 aliphatic rings. The van der Waals surface area contributed by atoms with Crippen molar-refractivity contribution in [1.29, 1.82) is 0 Å². The molecule has 0 fully saturated rings. The van der Waals surface area contributed by atoms with Crippen molar-refractivity contribution in [3.8, 4) is 0 Å². The van der Waals surface area contributed by atoms with Crippen LogP contribution in [0.5, 0.6) is 0 Å². The minimum Gasteiger partial charge on any atom is -0.316 e. The molecule has 0 aliphatic heterocycles. The van der Waals surface area contributed by atoms with E-state index in [1.165, 1.54) is 6.07 Å². The number of rotatable bonds is 6. The topological polar surface area (TPSA) is 24.1 Å². The first-order valence-corrected chi connectivity index (χ1v) is 5.40. The second kappa shape index (κ2) is 6.53. The summed E-state index contributed by atoms with van der Waals surface area (Å²) in [5.74, 6) is -0.163. The van der Waals surface area contributed by atoms with E-state index in [-0.39, 0.29) is 5.82 Å². The van der Waals surface area contributed by atoms with E-state index in [1.807, 2.05) is 13.0 Å². The number of likely N-dealkylation sites (N-methyl/N-ethyl adjacent to an activating group) is 1. The summed E-state index contributed by atoms with van der Waals surface area (Å²) in [6, 6.07) is 4.91. The summed E-state index contributed by atoms with van der Waals surface area (Å²) in [6.07, 6.45) is 0. The van der Waals surface area contributed by atoms with Gasteiger partial charge in [0.15, 0.2) is 0 Å². The fraction of sp³-hybridized carbons (Fsp3) is 0.500. The first-order chi connectivity index (χ1) is 7.24. The van der Waals surface area contributed by atoms with Gasteiger partial charge in [-0.2, -0.15) is 0 Å². The zero-order valence-electron chi connectivity index (χ0n) is 9.44. The van der Waals surface area contributed by atoms with Crippen molar-refractivity contribution in [2.75, 3.05) is 19.6 Å². The Morgan fingerprint density at radius 3 is 2.67 bits per heavy atom. The molecule has 2 N–H and O–H groups in total. The lowest BCUT2D eigenvalue weighted by Gasteiger charge is -2.08. The van der Waals surface area contributed by atoms with Crippen LogP contribution in [0.15, 0.2) is 18.2 Å². The molecule has 0 saturated heterocycles. The van der Waals surface area contributed by atoms with E-state index in [1.54, 1.807) is 6.07 Å². The third kappa shape index (κ3) is 4.40. The van der Waals surface area contributed by atoms with Gasteiger partial charge in [0.25, 0.3) is 0 Å². The van der Waals surface area contributed by atoms with Crippen LogP contribution in [0.1, 0.15) is 18.1 Å². The van der Waals surface area contributed by atoms with Gasteiger partial charge >= 0.3 is 0 Å². The molecule has 15 heavy (non-hydrogen) atoms. The van der Waals surface area contributed by atoms with Crippen molar-refractivity contribution in [3.05, 3.63) is 35.1 Å². The van der Waals surface area contributed by atoms with Crippen LogP contribution in [0.25, 0.3) is 0 Å². The van der Waals surface area contributed by atoms with Crippen molar-refractivity contribution in [3.63, 3.8) is 0 Å². The Labute approximate surface area is 90.9 Å². The summed E-state index contributed by atoms with van der Waals surface area (Å²) in [7, 11) is 0. The Hall–Kier alpha value is -0.930. The van der Waals surface area contributed by atoms with Gasteiger partial charge < -0.3 is 10.6 Å². The fourth-order valence-electron chi connectivity index (χ4n) is 1.41. The molecule has 3 heteroatoms. The van der Waals surface area contributed by atoms with Crippen LogP contribution in [0.2, 0.25) is 0 Å². The average Bonchev–Trinajstić information content (AvgIpc) is 2.23. The number of halogens is 1. The first-order valence-electron chi connectivity index (χ1n) is 5.40. The Morgan fingerprint density at radius 1 is 1.20 bits per heavy atom. The third-order valence-corrected chi connectivity index (χ3v) is 2.36. The third-order valence-electron chi connectivity index (χ3n) is 2.36. The molecule has 0 radical (unpaired) electrons. The van der Waals surface area contributed by atoms with E-state index in [0.717, 1.165) is 37.3 Å². The lowest BCUT2D eigenvalue weighted by Crippen LogP contribution is -2.26. The molecule has 0 spiro atoms. The Bertz CT molecular complexity index is 300. The van der Waals surface area contributed by atoms with Crippen molar-refractivity contribution < 1.29 is 4.39 Å². The molecule has 1 aromatic carbocycles. The predicted octanol–water partition coefficient (Wildman–Crippen LogP) is 1.83. The van der Waals surface area contributed by atoms with Gasteiger partial charge in [0.05, 0.1) is 0 Å². The van der Waals surface area contributed by atoms with Crippen LogP contribution in [0.4, 0.5) is 4.39 Å². The van der Waals surface area contributed by atoms with Crippen LogP contribution in [-0.2, 0) is 6.54 Å². The number of hydrogen-bond acceptors (Lipinski definition) is 2. The van der Waals surface area contributed by atoms with Gasteiger partial charge in [-0.1, -0.05) is 13.0 Å². The molecule has 0 heterocycles. The number of nitrogens with one attached hydrogen (secondary N) is 2. The second-order valence-electron chi connectivity index (χ2n) is 3.60. The quantitative estimate of drug-likeness (QED) is 0.700. The van der Waals surface area contributed by atoms with Gasteiger partial charge in [-0.25, -0.2) is 4.39 Å². The molecule has 0 unspecified atom stereocenters. The first kappa shape index (κ1) is 12.1. The predicted molar refractivity (Wildman–Crippen MR) is 61.4 cm³/mol. The van der Waals surface area contributed by atoms with Crippen molar-refractivity contribution >= 4 is 0 Å². The van der Waals surface area contributed by atoms with Crippen LogP contribution in [0, 0.1) is 12.7 Å². The molecule has 0 bridgehead atoms. The van der Waals surface area contributed by atoms with Gasteiger partial charge in [0, 0.05) is 19.6 Å². The highest BCUT2D eigenvalue weighted by atomic mass is 19.1. The highest BCUT2D eigenvalue weighted by Crippen LogP contribution is 2.09. The summed E-state index contributed by atoms with van der Waals surface area (Å²) >= 11 is 0. The molecule has 1 rings (SSSR count). The minimum absolute atomic E-state index is 0.163. The molecule has 0 aliphatic carbocycles. The van der Waals surface area contributed by atoms with Crippen LogP contribution >= 0.6 is 0 Å². The summed E-state index contributed by atoms with van der Waals surface area (Å²) in [4.78, 5) is 0. The number of hydrogen-bond donors (Lipinski definition) is 2. The zero-order chi connectivity index (χ0) is 11.1. The number of aryl methyl sites for hydroxylation is 1. The minimum atomic E-state index is -0.163. The van der Waals surface area contributed by atoms with E-state index in [4.69, 9.17) is 0 Å². The molecule has 0 atom stereocenters. The summed E-state index contributed by atoms with van der Waals surface area (Å²) < 4.78 is 12.9. The molecule has 2 nitrogen and oxygen atoms in total. The maximum absolute atomic E-state index is 12.9. The summed E-state index contributed by atoms with van der Waals surface area (Å²) in [6.45, 7) is 7.65. The molecule has 0 amide bonds. The Kier molecular flexibility index (Phi) is 5.29.